The maximum atomic E-state index is 9.11. The van der Waals surface area contributed by atoms with Crippen LogP contribution >= 0.6 is 0 Å². The minimum absolute atomic E-state index is 0.787. The third kappa shape index (κ3) is 2.01. The highest BCUT2D eigenvalue weighted by molar-refractivity contribution is 5.85. The second-order valence-electron chi connectivity index (χ2n) is 5.32. The van der Waals surface area contributed by atoms with Crippen molar-refractivity contribution >= 4 is 10.9 Å². The van der Waals surface area contributed by atoms with E-state index in [9.17, 15) is 0 Å². The molecule has 1 aromatic carbocycles. The Morgan fingerprint density at radius 2 is 2.00 bits per heavy atom. The molecule has 0 unspecified atom stereocenters. The Bertz CT molecular complexity index is 583. The first-order valence-corrected chi connectivity index (χ1v) is 6.86. The largest absolute Gasteiger partial charge is 0.347 e. The molecule has 2 aromatic rings. The Kier molecular flexibility index (Phi) is 3.06. The highest BCUT2D eigenvalue weighted by atomic mass is 15.0. The molecule has 2 nitrogen and oxygen atoms in total. The number of fused-ring (bicyclic) bond motifs is 1. The second kappa shape index (κ2) is 4.86. The molecule has 1 aromatic heterocycles. The van der Waals surface area contributed by atoms with Crippen LogP contribution in [0.2, 0.25) is 0 Å². The molecule has 0 atom stereocenters. The molecule has 92 valence electrons. The lowest BCUT2D eigenvalue weighted by Crippen LogP contribution is -2.13. The van der Waals surface area contributed by atoms with Crippen LogP contribution in [0.15, 0.2) is 30.5 Å². The van der Waals surface area contributed by atoms with Crippen molar-refractivity contribution in [3.63, 3.8) is 0 Å². The summed E-state index contributed by atoms with van der Waals surface area (Å²) in [7, 11) is 0. The Hall–Kier alpha value is -1.75. The molecule has 1 aliphatic rings. The first-order valence-electron chi connectivity index (χ1n) is 6.86. The van der Waals surface area contributed by atoms with Gasteiger partial charge in [-0.3, -0.25) is 0 Å². The van der Waals surface area contributed by atoms with Gasteiger partial charge in [0, 0.05) is 23.6 Å². The third-order valence-electron chi connectivity index (χ3n) is 4.11. The fourth-order valence-electron chi connectivity index (χ4n) is 3.13. The van der Waals surface area contributed by atoms with Crippen LogP contribution in [0.5, 0.6) is 0 Å². The van der Waals surface area contributed by atoms with Gasteiger partial charge in [0.1, 0.15) is 0 Å². The van der Waals surface area contributed by atoms with Crippen LogP contribution in [0.3, 0.4) is 0 Å². The average molecular weight is 238 g/mol. The fourth-order valence-corrected chi connectivity index (χ4v) is 3.13. The van der Waals surface area contributed by atoms with Gasteiger partial charge in [-0.1, -0.05) is 25.3 Å². The van der Waals surface area contributed by atoms with E-state index in [0.29, 0.717) is 0 Å². The van der Waals surface area contributed by atoms with Crippen LogP contribution in [-0.2, 0) is 6.54 Å². The molecular weight excluding hydrogens is 220 g/mol. The smallest absolute Gasteiger partial charge is 0.0998 e. The van der Waals surface area contributed by atoms with Gasteiger partial charge >= 0.3 is 0 Å². The van der Waals surface area contributed by atoms with E-state index in [-0.39, 0.29) is 0 Å². The summed E-state index contributed by atoms with van der Waals surface area (Å²) in [5.74, 6) is 0.820. The van der Waals surface area contributed by atoms with Crippen molar-refractivity contribution in [2.45, 2.75) is 38.6 Å². The molecule has 0 amide bonds. The van der Waals surface area contributed by atoms with Crippen molar-refractivity contribution in [3.8, 4) is 6.07 Å². The monoisotopic (exact) mass is 238 g/mol. The zero-order chi connectivity index (χ0) is 12.4. The number of hydrogen-bond acceptors (Lipinski definition) is 1. The number of nitrogens with zero attached hydrogens (tertiary/aromatic N) is 2. The normalized spacial score (nSPS) is 16.8. The van der Waals surface area contributed by atoms with Gasteiger partial charge in [-0.15, -0.1) is 0 Å². The van der Waals surface area contributed by atoms with Crippen LogP contribution in [0.4, 0.5) is 0 Å². The van der Waals surface area contributed by atoms with Gasteiger partial charge in [-0.2, -0.15) is 5.26 Å². The number of hydrogen-bond donors (Lipinski definition) is 0. The molecule has 1 heterocycles. The summed E-state index contributed by atoms with van der Waals surface area (Å²) in [6.07, 6.45) is 9.03. The summed E-state index contributed by atoms with van der Waals surface area (Å²) < 4.78 is 2.33. The SMILES string of the molecule is N#Cc1cccc2c1ccn2CC1CCCCC1. The zero-order valence-electron chi connectivity index (χ0n) is 10.6. The summed E-state index contributed by atoms with van der Waals surface area (Å²) >= 11 is 0. The van der Waals surface area contributed by atoms with Crippen molar-refractivity contribution in [2.24, 2.45) is 5.92 Å². The number of benzene rings is 1. The predicted molar refractivity (Wildman–Crippen MR) is 73.2 cm³/mol. The van der Waals surface area contributed by atoms with Gasteiger partial charge in [-0.05, 0) is 37.0 Å². The summed E-state index contributed by atoms with van der Waals surface area (Å²) in [6.45, 7) is 1.11. The highest BCUT2D eigenvalue weighted by Crippen LogP contribution is 2.27. The molecule has 0 saturated heterocycles. The third-order valence-corrected chi connectivity index (χ3v) is 4.11. The molecule has 3 rings (SSSR count). The topological polar surface area (TPSA) is 28.7 Å². The zero-order valence-corrected chi connectivity index (χ0v) is 10.6. The van der Waals surface area contributed by atoms with Crippen molar-refractivity contribution < 1.29 is 0 Å². The van der Waals surface area contributed by atoms with Crippen molar-refractivity contribution in [3.05, 3.63) is 36.0 Å². The summed E-state index contributed by atoms with van der Waals surface area (Å²) in [4.78, 5) is 0. The predicted octanol–water partition coefficient (Wildman–Crippen LogP) is 4.09. The van der Waals surface area contributed by atoms with Gasteiger partial charge in [0.25, 0.3) is 0 Å². The molecule has 18 heavy (non-hydrogen) atoms. The van der Waals surface area contributed by atoms with Gasteiger partial charge in [0.2, 0.25) is 0 Å². The van der Waals surface area contributed by atoms with E-state index in [4.69, 9.17) is 5.26 Å². The van der Waals surface area contributed by atoms with E-state index in [1.807, 2.05) is 12.1 Å². The number of rotatable bonds is 2. The molecule has 1 saturated carbocycles. The van der Waals surface area contributed by atoms with Crippen molar-refractivity contribution in [1.82, 2.24) is 4.57 Å². The number of nitriles is 1. The van der Waals surface area contributed by atoms with E-state index < -0.39 is 0 Å². The van der Waals surface area contributed by atoms with Crippen LogP contribution in [0.1, 0.15) is 37.7 Å². The average Bonchev–Trinajstić information content (AvgIpc) is 2.83. The second-order valence-corrected chi connectivity index (χ2v) is 5.32. The summed E-state index contributed by atoms with van der Waals surface area (Å²) in [5.41, 5.74) is 1.99. The van der Waals surface area contributed by atoms with Gasteiger partial charge in [-0.25, -0.2) is 0 Å². The quantitative estimate of drug-likeness (QED) is 0.774. The molecule has 0 spiro atoms. The Labute approximate surface area is 108 Å². The Balaban J connectivity index is 1.91. The van der Waals surface area contributed by atoms with Crippen LogP contribution in [0.25, 0.3) is 10.9 Å². The van der Waals surface area contributed by atoms with Crippen molar-refractivity contribution in [2.75, 3.05) is 0 Å². The molecule has 0 bridgehead atoms. The Morgan fingerprint density at radius 3 is 2.78 bits per heavy atom. The van der Waals surface area contributed by atoms with Gasteiger partial charge in [0.05, 0.1) is 11.6 Å². The highest BCUT2D eigenvalue weighted by Gasteiger charge is 2.15. The molecule has 1 aliphatic carbocycles. The van der Waals surface area contributed by atoms with E-state index in [2.05, 4.69) is 29.0 Å². The van der Waals surface area contributed by atoms with E-state index in [0.717, 1.165) is 23.4 Å². The van der Waals surface area contributed by atoms with Crippen LogP contribution in [0, 0.1) is 17.2 Å². The van der Waals surface area contributed by atoms with Crippen LogP contribution < -0.4 is 0 Å². The lowest BCUT2D eigenvalue weighted by atomic mass is 9.89. The molecule has 0 N–H and O–H groups in total. The molecule has 0 radical (unpaired) electrons. The van der Waals surface area contributed by atoms with E-state index in [1.54, 1.807) is 0 Å². The maximum Gasteiger partial charge on any atom is 0.0998 e. The standard InChI is InChI=1S/C16H18N2/c17-11-14-7-4-8-16-15(14)9-10-18(16)12-13-5-2-1-3-6-13/h4,7-10,13H,1-3,5-6,12H2. The summed E-state index contributed by atoms with van der Waals surface area (Å²) in [5, 5.41) is 10.2. The van der Waals surface area contributed by atoms with Crippen LogP contribution in [-0.4, -0.2) is 4.57 Å². The molecule has 1 fully saturated rings. The van der Waals surface area contributed by atoms with E-state index >= 15 is 0 Å². The molecule has 2 heteroatoms. The van der Waals surface area contributed by atoms with Gasteiger partial charge in [0.15, 0.2) is 0 Å². The minimum atomic E-state index is 0.787. The fraction of sp³-hybridized carbons (Fsp3) is 0.438. The molecular formula is C16H18N2. The maximum absolute atomic E-state index is 9.11. The first-order chi connectivity index (χ1) is 8.88. The van der Waals surface area contributed by atoms with E-state index in [1.165, 1.54) is 37.6 Å². The number of aromatic nitrogens is 1. The molecule has 0 aliphatic heterocycles. The Morgan fingerprint density at radius 1 is 1.17 bits per heavy atom. The lowest BCUT2D eigenvalue weighted by molar-refractivity contribution is 0.322. The minimum Gasteiger partial charge on any atom is -0.347 e. The lowest BCUT2D eigenvalue weighted by Gasteiger charge is -2.22. The van der Waals surface area contributed by atoms with Gasteiger partial charge < -0.3 is 4.57 Å². The summed E-state index contributed by atoms with van der Waals surface area (Å²) in [6, 6.07) is 10.4. The first kappa shape index (κ1) is 11.3. The van der Waals surface area contributed by atoms with Crippen molar-refractivity contribution in [1.29, 1.82) is 5.26 Å².